The molecular formula is C20H16FN3S. The number of fused-ring (bicyclic) bond motifs is 1. The molecule has 0 bridgehead atoms. The van der Waals surface area contributed by atoms with E-state index in [9.17, 15) is 4.39 Å². The van der Waals surface area contributed by atoms with E-state index in [2.05, 4.69) is 29.6 Å². The molecule has 0 spiro atoms. The van der Waals surface area contributed by atoms with Crippen molar-refractivity contribution in [2.75, 3.05) is 0 Å². The van der Waals surface area contributed by atoms with E-state index >= 15 is 0 Å². The van der Waals surface area contributed by atoms with Crippen LogP contribution in [-0.4, -0.2) is 11.5 Å². The monoisotopic (exact) mass is 349 g/mol. The highest BCUT2D eigenvalue weighted by Crippen LogP contribution is 2.28. The summed E-state index contributed by atoms with van der Waals surface area (Å²) in [5, 5.41) is 6.51. The van der Waals surface area contributed by atoms with Gasteiger partial charge in [0, 0.05) is 11.1 Å². The van der Waals surface area contributed by atoms with Gasteiger partial charge in [-0.2, -0.15) is 5.10 Å². The smallest absolute Gasteiger partial charge is 0.154 e. The maximum atomic E-state index is 13.8. The molecule has 0 radical (unpaired) electrons. The summed E-state index contributed by atoms with van der Waals surface area (Å²) in [7, 11) is 0. The molecule has 0 saturated carbocycles. The van der Waals surface area contributed by atoms with Crippen LogP contribution in [0.15, 0.2) is 70.1 Å². The molecule has 0 amide bonds. The van der Waals surface area contributed by atoms with E-state index in [-0.39, 0.29) is 5.82 Å². The molecule has 1 aliphatic rings. The standard InChI is InChI=1S/C20H16FN3S/c1-2-13-5-7-14(8-6-13)20-22-17-10-9-15(21)12-16(17)19(23-24-20)18-4-3-11-25-18/h3-12H,2H2,1H3,(H,22,24). The van der Waals surface area contributed by atoms with Crippen molar-refractivity contribution in [3.05, 3.63) is 87.4 Å². The minimum Gasteiger partial charge on any atom is -0.260 e. The van der Waals surface area contributed by atoms with Crippen LogP contribution in [0, 0.1) is 5.82 Å². The molecule has 0 saturated heterocycles. The van der Waals surface area contributed by atoms with Crippen LogP contribution in [0.5, 0.6) is 0 Å². The molecule has 1 aromatic heterocycles. The highest BCUT2D eigenvalue weighted by atomic mass is 32.1. The number of benzene rings is 2. The molecule has 5 heteroatoms. The van der Waals surface area contributed by atoms with E-state index in [4.69, 9.17) is 4.99 Å². The SMILES string of the molecule is CCc1ccc(C2=Nc3ccc(F)cc3C(c3cccs3)=NN2)cc1. The molecular weight excluding hydrogens is 333 g/mol. The number of nitrogens with zero attached hydrogens (tertiary/aromatic N) is 2. The third kappa shape index (κ3) is 3.10. The number of thiophene rings is 1. The van der Waals surface area contributed by atoms with Crippen molar-refractivity contribution in [3.8, 4) is 0 Å². The van der Waals surface area contributed by atoms with Crippen molar-refractivity contribution < 1.29 is 4.39 Å². The Morgan fingerprint density at radius 1 is 1.08 bits per heavy atom. The molecule has 1 N–H and O–H groups in total. The quantitative estimate of drug-likeness (QED) is 0.718. The van der Waals surface area contributed by atoms with Gasteiger partial charge in [0.25, 0.3) is 0 Å². The van der Waals surface area contributed by atoms with Crippen LogP contribution < -0.4 is 5.43 Å². The van der Waals surface area contributed by atoms with Gasteiger partial charge in [0.2, 0.25) is 0 Å². The maximum absolute atomic E-state index is 13.8. The lowest BCUT2D eigenvalue weighted by molar-refractivity contribution is 0.627. The van der Waals surface area contributed by atoms with Gasteiger partial charge in [-0.25, -0.2) is 9.38 Å². The Labute approximate surface area is 149 Å². The first-order valence-electron chi connectivity index (χ1n) is 8.10. The fraction of sp³-hybridized carbons (Fsp3) is 0.100. The van der Waals surface area contributed by atoms with E-state index in [1.54, 1.807) is 17.4 Å². The fourth-order valence-corrected chi connectivity index (χ4v) is 3.47. The van der Waals surface area contributed by atoms with E-state index in [1.165, 1.54) is 17.7 Å². The Morgan fingerprint density at radius 2 is 1.92 bits per heavy atom. The minimum atomic E-state index is -0.297. The number of aryl methyl sites for hydroxylation is 1. The van der Waals surface area contributed by atoms with Crippen LogP contribution in [0.1, 0.15) is 28.5 Å². The van der Waals surface area contributed by atoms with E-state index in [0.29, 0.717) is 22.8 Å². The van der Waals surface area contributed by atoms with Gasteiger partial charge in [-0.3, -0.25) is 5.43 Å². The predicted octanol–water partition coefficient (Wildman–Crippen LogP) is 4.88. The third-order valence-electron chi connectivity index (χ3n) is 4.11. The van der Waals surface area contributed by atoms with Gasteiger partial charge >= 0.3 is 0 Å². The second kappa shape index (κ2) is 6.61. The van der Waals surface area contributed by atoms with Gasteiger partial charge in [0.05, 0.1) is 10.6 Å². The van der Waals surface area contributed by atoms with Gasteiger partial charge in [-0.15, -0.1) is 11.3 Å². The molecule has 0 aliphatic carbocycles. The number of rotatable bonds is 3. The number of halogens is 1. The van der Waals surface area contributed by atoms with Crippen molar-refractivity contribution in [1.82, 2.24) is 5.43 Å². The highest BCUT2D eigenvalue weighted by Gasteiger charge is 2.18. The normalized spacial score (nSPS) is 13.4. The first kappa shape index (κ1) is 15.7. The Balaban J connectivity index is 1.83. The second-order valence-corrected chi connectivity index (χ2v) is 6.67. The van der Waals surface area contributed by atoms with Gasteiger partial charge < -0.3 is 0 Å². The van der Waals surface area contributed by atoms with Crippen molar-refractivity contribution >= 4 is 28.6 Å². The van der Waals surface area contributed by atoms with E-state index < -0.39 is 0 Å². The van der Waals surface area contributed by atoms with Gasteiger partial charge in [0.15, 0.2) is 5.84 Å². The average Bonchev–Trinajstić information content (AvgIpc) is 3.10. The Morgan fingerprint density at radius 3 is 2.64 bits per heavy atom. The molecule has 2 heterocycles. The van der Waals surface area contributed by atoms with Gasteiger partial charge in [-0.05, 0) is 41.6 Å². The average molecular weight is 349 g/mol. The molecule has 2 aromatic carbocycles. The van der Waals surface area contributed by atoms with Crippen LogP contribution in [0.2, 0.25) is 0 Å². The molecule has 0 unspecified atom stereocenters. The zero-order valence-electron chi connectivity index (χ0n) is 13.7. The van der Waals surface area contributed by atoms with Crippen molar-refractivity contribution in [2.24, 2.45) is 10.1 Å². The second-order valence-electron chi connectivity index (χ2n) is 5.72. The molecule has 3 aromatic rings. The summed E-state index contributed by atoms with van der Waals surface area (Å²) in [5.41, 5.74) is 7.37. The lowest BCUT2D eigenvalue weighted by Crippen LogP contribution is -2.19. The third-order valence-corrected chi connectivity index (χ3v) is 4.99. The fourth-order valence-electron chi connectivity index (χ4n) is 2.74. The first-order chi connectivity index (χ1) is 12.2. The molecule has 0 atom stereocenters. The van der Waals surface area contributed by atoms with E-state index in [0.717, 1.165) is 16.9 Å². The minimum absolute atomic E-state index is 0.297. The summed E-state index contributed by atoms with van der Waals surface area (Å²) in [6.45, 7) is 2.12. The molecule has 0 fully saturated rings. The van der Waals surface area contributed by atoms with Gasteiger partial charge in [-0.1, -0.05) is 37.3 Å². The molecule has 1 aliphatic heterocycles. The summed E-state index contributed by atoms with van der Waals surface area (Å²) in [6.07, 6.45) is 0.989. The molecule has 25 heavy (non-hydrogen) atoms. The summed E-state index contributed by atoms with van der Waals surface area (Å²) >= 11 is 1.57. The lowest BCUT2D eigenvalue weighted by Gasteiger charge is -2.05. The summed E-state index contributed by atoms with van der Waals surface area (Å²) < 4.78 is 13.8. The summed E-state index contributed by atoms with van der Waals surface area (Å²) in [6, 6.07) is 16.8. The highest BCUT2D eigenvalue weighted by molar-refractivity contribution is 7.12. The number of hydrazone groups is 1. The van der Waals surface area contributed by atoms with Crippen molar-refractivity contribution in [2.45, 2.75) is 13.3 Å². The molecule has 124 valence electrons. The maximum Gasteiger partial charge on any atom is 0.154 e. The van der Waals surface area contributed by atoms with Crippen LogP contribution in [0.25, 0.3) is 0 Å². The predicted molar refractivity (Wildman–Crippen MR) is 102 cm³/mol. The summed E-state index contributed by atoms with van der Waals surface area (Å²) in [5.74, 6) is 0.357. The lowest BCUT2D eigenvalue weighted by atomic mass is 10.1. The Bertz CT molecular complexity index is 957. The van der Waals surface area contributed by atoms with Crippen LogP contribution >= 0.6 is 11.3 Å². The largest absolute Gasteiger partial charge is 0.260 e. The zero-order valence-corrected chi connectivity index (χ0v) is 14.5. The number of hydrogen-bond acceptors (Lipinski definition) is 4. The van der Waals surface area contributed by atoms with E-state index in [1.807, 2.05) is 29.6 Å². The molecule has 3 nitrogen and oxygen atoms in total. The summed E-state index contributed by atoms with van der Waals surface area (Å²) in [4.78, 5) is 5.66. The Kier molecular flexibility index (Phi) is 4.15. The molecule has 4 rings (SSSR count). The van der Waals surface area contributed by atoms with Crippen molar-refractivity contribution in [3.63, 3.8) is 0 Å². The van der Waals surface area contributed by atoms with Crippen LogP contribution in [0.3, 0.4) is 0 Å². The van der Waals surface area contributed by atoms with Crippen LogP contribution in [-0.2, 0) is 6.42 Å². The first-order valence-corrected chi connectivity index (χ1v) is 8.98. The number of aliphatic imine (C=N–C) groups is 1. The topological polar surface area (TPSA) is 36.8 Å². The zero-order chi connectivity index (χ0) is 17.2. The van der Waals surface area contributed by atoms with Crippen molar-refractivity contribution in [1.29, 1.82) is 0 Å². The van der Waals surface area contributed by atoms with Gasteiger partial charge in [0.1, 0.15) is 11.5 Å². The number of hydrogen-bond donors (Lipinski definition) is 1. The number of nitrogens with one attached hydrogen (secondary N) is 1. The number of amidine groups is 1. The Hall–Kier alpha value is -2.79. The van der Waals surface area contributed by atoms with Crippen LogP contribution in [0.4, 0.5) is 10.1 Å².